The van der Waals surface area contributed by atoms with E-state index < -0.39 is 11.6 Å². The summed E-state index contributed by atoms with van der Waals surface area (Å²) in [6.07, 6.45) is 10.0. The molecule has 2 fully saturated rings. The Morgan fingerprint density at radius 1 is 0.917 bits per heavy atom. The molecule has 0 aromatic heterocycles. The van der Waals surface area contributed by atoms with Crippen molar-refractivity contribution in [3.05, 3.63) is 29.3 Å². The van der Waals surface area contributed by atoms with Crippen LogP contribution in [0, 0.1) is 29.4 Å². The van der Waals surface area contributed by atoms with Crippen LogP contribution in [0.2, 0.25) is 0 Å². The fourth-order valence-corrected chi connectivity index (χ4v) is 5.50. The zero-order chi connectivity index (χ0) is 17.1. The monoisotopic (exact) mass is 570 g/mol. The summed E-state index contributed by atoms with van der Waals surface area (Å²) in [4.78, 5) is 0. The quantitative estimate of drug-likeness (QED) is 0.439. The molecule has 24 heavy (non-hydrogen) atoms. The Kier molecular flexibility index (Phi) is 4.92. The summed E-state index contributed by atoms with van der Waals surface area (Å²) in [5.74, 6) is 1.54. The third-order valence-electron chi connectivity index (χ3n) is 6.10. The van der Waals surface area contributed by atoms with Gasteiger partial charge in [-0.15, -0.1) is 0 Å². The molecule has 1 nitrogen and oxygen atoms in total. The van der Waals surface area contributed by atoms with Crippen molar-refractivity contribution in [1.29, 1.82) is 0 Å². The molecule has 0 spiro atoms. The van der Waals surface area contributed by atoms with Crippen LogP contribution in [-0.2, 0) is 0 Å². The van der Waals surface area contributed by atoms with E-state index in [1.165, 1.54) is 50.7 Å². The Morgan fingerprint density at radius 3 is 1.92 bits per heavy atom. The van der Waals surface area contributed by atoms with Crippen molar-refractivity contribution in [1.82, 2.24) is 0 Å². The van der Waals surface area contributed by atoms with Gasteiger partial charge in [-0.1, -0.05) is 6.92 Å². The Hall–Kier alpha value is -2.25. The van der Waals surface area contributed by atoms with E-state index in [0.29, 0.717) is 5.92 Å². The third kappa shape index (κ3) is 3.47. The van der Waals surface area contributed by atoms with Crippen molar-refractivity contribution in [2.75, 3.05) is 0 Å². The molecule has 1 aromatic rings. The van der Waals surface area contributed by atoms with Gasteiger partial charge in [0, 0.05) is 0 Å². The summed E-state index contributed by atoms with van der Waals surface area (Å²) >= 11 is 0. The summed E-state index contributed by atoms with van der Waals surface area (Å²) in [5, 5.41) is 5.10. The van der Waals surface area contributed by atoms with Crippen molar-refractivity contribution in [2.24, 2.45) is 17.8 Å². The molecule has 0 heterocycles. The van der Waals surface area contributed by atoms with Gasteiger partial charge in [0.2, 0.25) is 0 Å². The van der Waals surface area contributed by atoms with E-state index >= 15 is 0 Å². The van der Waals surface area contributed by atoms with E-state index in [1.54, 1.807) is 0 Å². The predicted octanol–water partition coefficient (Wildman–Crippen LogP) is 5.88. The second kappa shape index (κ2) is 7.11. The van der Waals surface area contributed by atoms with Crippen molar-refractivity contribution < 1.29 is 13.9 Å². The normalized spacial score (nSPS) is 30.6. The molecule has 2 aliphatic rings. The number of benzene rings is 1. The van der Waals surface area contributed by atoms with Gasteiger partial charge in [-0.2, -0.15) is 0 Å². The Morgan fingerprint density at radius 2 is 1.42 bits per heavy atom. The summed E-state index contributed by atoms with van der Waals surface area (Å²) in [7, 11) is 3.63. The number of halogens is 2. The predicted molar refractivity (Wildman–Crippen MR) is 89.9 cm³/mol. The average Bonchev–Trinajstić information content (AvgIpc) is 2.59. The molecular formula is C20H27CfF2O. The second-order valence-electron chi connectivity index (χ2n) is 7.60. The minimum atomic E-state index is -1.19. The molecule has 0 unspecified atom stereocenters. The van der Waals surface area contributed by atoms with Gasteiger partial charge in [0.15, 0.2) is 0 Å². The summed E-state index contributed by atoms with van der Waals surface area (Å²) in [5.41, 5.74) is 0.805. The maximum atomic E-state index is 14.1. The van der Waals surface area contributed by atoms with Crippen LogP contribution in [0.15, 0.2) is 12.1 Å². The molecular weight excluding hydrogens is 545 g/mol. The first kappa shape index (κ1) is 16.6. The molecule has 0 aliphatic heterocycles. The Labute approximate surface area is 139 Å². The van der Waals surface area contributed by atoms with Crippen LogP contribution >= 0.6 is 0 Å². The van der Waals surface area contributed by atoms with Gasteiger partial charge in [-0.25, -0.2) is 0 Å². The summed E-state index contributed by atoms with van der Waals surface area (Å²) in [6.45, 7) is 2.36. The Bertz CT molecular complexity index is 550. The average molecular weight is 572 g/mol. The zero-order valence-electron chi connectivity index (χ0n) is 14.3. The zero-order valence-corrected chi connectivity index (χ0v) is 16.9. The van der Waals surface area contributed by atoms with Crippen molar-refractivity contribution >= 4 is 7.43 Å². The first-order chi connectivity index (χ1) is 11.6. The van der Waals surface area contributed by atoms with Gasteiger partial charge in [0.1, 0.15) is 0 Å². The summed E-state index contributed by atoms with van der Waals surface area (Å²) in [6, 6.07) is 2.97. The van der Waals surface area contributed by atoms with E-state index in [4.69, 9.17) is 5.11 Å². The van der Waals surface area contributed by atoms with E-state index in [2.05, 4.69) is 14.4 Å². The van der Waals surface area contributed by atoms with Gasteiger partial charge in [-0.3, -0.25) is 0 Å². The molecule has 0 radical (unpaired) electrons. The van der Waals surface area contributed by atoms with Crippen LogP contribution in [0.3, 0.4) is 0 Å². The van der Waals surface area contributed by atoms with Crippen molar-refractivity contribution in [3.8, 4) is 5.75 Å². The maximum absolute atomic E-state index is 14.1. The first-order valence-electron chi connectivity index (χ1n) is 9.05. The fourth-order valence-electron chi connectivity index (χ4n) is 4.60. The topological polar surface area (TPSA) is 9.23 Å². The van der Waals surface area contributed by atoms with Crippen LogP contribution in [0.5, 0.6) is 5.75 Å². The molecule has 0 saturated heterocycles. The molecule has 137 valence electrons. The summed E-state index contributed by atoms with van der Waals surface area (Å²) < 4.78 is 27.0. The number of hydrogen-bond acceptors (Lipinski definition) is 1. The van der Waals surface area contributed by atoms with E-state index in [1.807, 2.05) is 0 Å². The van der Waals surface area contributed by atoms with Crippen LogP contribution in [0.4, 0.5) is 8.78 Å². The van der Waals surface area contributed by atoms with Gasteiger partial charge < -0.3 is 0 Å². The van der Waals surface area contributed by atoms with Crippen LogP contribution in [0.1, 0.15) is 69.8 Å². The number of hydrogen-bond donors (Lipinski definition) is 0. The van der Waals surface area contributed by atoms with Crippen LogP contribution in [-0.4, -0.2) is 7.43 Å². The molecule has 0 atom stereocenters. The molecule has 3 rings (SSSR count). The molecule has 4 heteroatoms. The standard InChI is InChI=1S/C19H26F2O.CH2.Cf/c1-12-2-4-13(5-3-12)14-6-8-15(9-7-14)16-10-17(20)19(22)18(21)11-16;;/h10-15,22H,2-9H2,1H3;1H2;/q;;+1/p-1. The van der Waals surface area contributed by atoms with Crippen molar-refractivity contribution in [3.63, 3.8) is 0 Å². The fraction of sp³-hybridized carbons (Fsp3) is 0.650. The van der Waals surface area contributed by atoms with Crippen LogP contribution < -0.4 is 5.11 Å². The SMILES string of the molecule is [CH2]=[Cf][O]c1c(F)cc(C2CCC(C3CCC(C)CC3)CC2)cc1F. The van der Waals surface area contributed by atoms with Gasteiger partial charge >= 0.3 is 126 Å². The molecule has 2 saturated carbocycles. The van der Waals surface area contributed by atoms with Gasteiger partial charge in [-0.05, 0) is 5.92 Å². The first-order valence-corrected chi connectivity index (χ1v) is 12.0. The van der Waals surface area contributed by atoms with Gasteiger partial charge in [0.25, 0.3) is 0 Å². The van der Waals surface area contributed by atoms with E-state index in [-0.39, 0.29) is 5.75 Å². The third-order valence-corrected chi connectivity index (χ3v) is 7.02. The molecule has 0 amide bonds. The van der Waals surface area contributed by atoms with Gasteiger partial charge in [0.05, 0.1) is 0 Å². The van der Waals surface area contributed by atoms with E-state index in [0.717, 1.165) is 36.2 Å². The van der Waals surface area contributed by atoms with Crippen LogP contribution in [0.25, 0.3) is 0 Å². The molecule has 2 aliphatic carbocycles. The second-order valence-corrected chi connectivity index (χ2v) is 8.90. The molecule has 1 aromatic carbocycles. The minimum absolute atomic E-state index is 0.227. The molecule has 0 bridgehead atoms. The van der Waals surface area contributed by atoms with E-state index in [9.17, 15) is 8.78 Å². The van der Waals surface area contributed by atoms with Crippen molar-refractivity contribution in [2.45, 2.75) is 64.2 Å². The molecule has 0 N–H and O–H groups in total. The number of rotatable bonds is 4. The Balaban J connectivity index is 1.61.